The molecular weight excluding hydrogens is 476 g/mol. The van der Waals surface area contributed by atoms with Gasteiger partial charge < -0.3 is 9.47 Å². The number of aromatic nitrogens is 7. The second kappa shape index (κ2) is 11.6. The fraction of sp³-hybridized carbons (Fsp3) is 0.241. The maximum Gasteiger partial charge on any atom is 0.291 e. The average molecular weight is 507 g/mol. The molecule has 2 heterocycles. The highest BCUT2D eigenvalue weighted by Gasteiger charge is 2.22. The summed E-state index contributed by atoms with van der Waals surface area (Å²) in [4.78, 5) is 15.1. The van der Waals surface area contributed by atoms with Gasteiger partial charge in [0.2, 0.25) is 11.6 Å². The van der Waals surface area contributed by atoms with E-state index in [4.69, 9.17) is 0 Å². The molecule has 0 aliphatic carbocycles. The lowest BCUT2D eigenvalue weighted by Gasteiger charge is -2.18. The average Bonchev–Trinajstić information content (AvgIpc) is 3.63. The van der Waals surface area contributed by atoms with Gasteiger partial charge >= 0.3 is 0 Å². The molecule has 0 saturated carbocycles. The molecule has 0 radical (unpaired) electrons. The van der Waals surface area contributed by atoms with E-state index in [-0.39, 0.29) is 5.91 Å². The fourth-order valence-electron chi connectivity index (χ4n) is 4.46. The summed E-state index contributed by atoms with van der Waals surface area (Å²) in [6.45, 7) is 3.16. The van der Waals surface area contributed by atoms with Crippen LogP contribution < -0.4 is 0 Å². The number of benzene rings is 3. The highest BCUT2D eigenvalue weighted by atomic mass is 16.2. The summed E-state index contributed by atoms with van der Waals surface area (Å²) in [5, 5.41) is 23.2. The molecule has 0 unspecified atom stereocenters. The lowest BCUT2D eigenvalue weighted by molar-refractivity contribution is 0.0767. The van der Waals surface area contributed by atoms with Crippen molar-refractivity contribution in [2.45, 2.75) is 39.3 Å². The fourth-order valence-corrected chi connectivity index (χ4v) is 4.46. The van der Waals surface area contributed by atoms with Gasteiger partial charge in [-0.1, -0.05) is 92.2 Å². The maximum atomic E-state index is 13.4. The Morgan fingerprint density at radius 2 is 1.61 bits per heavy atom. The van der Waals surface area contributed by atoms with Crippen LogP contribution in [0.15, 0.2) is 78.9 Å². The summed E-state index contributed by atoms with van der Waals surface area (Å²) in [5.74, 6) is 1.60. The highest BCUT2D eigenvalue weighted by Crippen LogP contribution is 2.30. The number of tetrazole rings is 1. The first-order chi connectivity index (χ1) is 18.6. The van der Waals surface area contributed by atoms with Crippen LogP contribution in [0, 0.1) is 0 Å². The maximum absolute atomic E-state index is 13.4. The SMILES string of the molecule is CCCCc1nnc(C(=O)N(C)Cc2ccccc2)n1Cc1ccc(-c2ccccc2-c2nn[nH]n2)cc1. The summed E-state index contributed by atoms with van der Waals surface area (Å²) in [5.41, 5.74) is 5.10. The Morgan fingerprint density at radius 1 is 0.868 bits per heavy atom. The second-order valence-electron chi connectivity index (χ2n) is 9.25. The Bertz CT molecular complexity index is 1480. The smallest absolute Gasteiger partial charge is 0.291 e. The third-order valence-corrected chi connectivity index (χ3v) is 6.50. The number of nitrogens with zero attached hydrogens (tertiary/aromatic N) is 7. The van der Waals surface area contributed by atoms with Crippen LogP contribution in [0.2, 0.25) is 0 Å². The van der Waals surface area contributed by atoms with Crippen LogP contribution in [0.4, 0.5) is 0 Å². The van der Waals surface area contributed by atoms with Gasteiger partial charge in [0.05, 0.1) is 6.54 Å². The van der Waals surface area contributed by atoms with Gasteiger partial charge in [-0.2, -0.15) is 5.21 Å². The number of aryl methyl sites for hydroxylation is 1. The van der Waals surface area contributed by atoms with E-state index in [1.165, 1.54) is 0 Å². The van der Waals surface area contributed by atoms with E-state index < -0.39 is 0 Å². The largest absolute Gasteiger partial charge is 0.335 e. The number of nitrogens with one attached hydrogen (secondary N) is 1. The zero-order valence-electron chi connectivity index (χ0n) is 21.6. The van der Waals surface area contributed by atoms with Crippen molar-refractivity contribution in [2.75, 3.05) is 7.05 Å². The molecule has 9 heteroatoms. The minimum Gasteiger partial charge on any atom is -0.335 e. The number of H-pyrrole nitrogens is 1. The molecule has 5 rings (SSSR count). The quantitative estimate of drug-likeness (QED) is 0.292. The Morgan fingerprint density at radius 3 is 2.32 bits per heavy atom. The van der Waals surface area contributed by atoms with Gasteiger partial charge in [0.15, 0.2) is 0 Å². The first-order valence-electron chi connectivity index (χ1n) is 12.8. The first-order valence-corrected chi connectivity index (χ1v) is 12.8. The molecule has 0 fully saturated rings. The highest BCUT2D eigenvalue weighted by molar-refractivity contribution is 5.90. The van der Waals surface area contributed by atoms with Crippen molar-refractivity contribution in [3.8, 4) is 22.5 Å². The number of aromatic amines is 1. The molecule has 1 amide bonds. The third-order valence-electron chi connectivity index (χ3n) is 6.50. The number of rotatable bonds is 10. The number of unbranched alkanes of at least 4 members (excludes halogenated alkanes) is 1. The Balaban J connectivity index is 1.40. The standard InChI is InChI=1S/C29H30N8O/c1-3-4-14-26-30-33-28(29(38)36(2)19-21-10-6-5-7-11-21)37(26)20-22-15-17-23(18-16-22)24-12-8-9-13-25(24)27-31-34-35-32-27/h5-13,15-18H,3-4,14,19-20H2,1-2H3,(H,31,32,34,35). The van der Waals surface area contributed by atoms with E-state index in [1.807, 2.05) is 59.2 Å². The molecule has 1 N–H and O–H groups in total. The predicted octanol–water partition coefficient (Wildman–Crippen LogP) is 4.79. The van der Waals surface area contributed by atoms with Crippen molar-refractivity contribution in [2.24, 2.45) is 0 Å². The zero-order chi connectivity index (χ0) is 26.3. The van der Waals surface area contributed by atoms with Gasteiger partial charge in [-0.05, 0) is 33.9 Å². The Hall–Kier alpha value is -4.66. The van der Waals surface area contributed by atoms with Crippen LogP contribution in [-0.2, 0) is 19.5 Å². The van der Waals surface area contributed by atoms with Gasteiger partial charge in [-0.25, -0.2) is 0 Å². The second-order valence-corrected chi connectivity index (χ2v) is 9.25. The van der Waals surface area contributed by atoms with Crippen LogP contribution in [-0.4, -0.2) is 53.2 Å². The molecule has 38 heavy (non-hydrogen) atoms. The van der Waals surface area contributed by atoms with E-state index in [0.29, 0.717) is 24.7 Å². The van der Waals surface area contributed by atoms with E-state index in [2.05, 4.69) is 62.0 Å². The number of amides is 1. The normalized spacial score (nSPS) is 11.0. The van der Waals surface area contributed by atoms with Crippen LogP contribution in [0.3, 0.4) is 0 Å². The third kappa shape index (κ3) is 5.51. The van der Waals surface area contributed by atoms with Crippen molar-refractivity contribution < 1.29 is 4.79 Å². The lowest BCUT2D eigenvalue weighted by Crippen LogP contribution is -2.29. The number of carbonyl (C=O) groups excluding carboxylic acids is 1. The molecule has 2 aromatic heterocycles. The van der Waals surface area contributed by atoms with Gasteiger partial charge in [-0.15, -0.1) is 20.4 Å². The predicted molar refractivity (Wildman–Crippen MR) is 145 cm³/mol. The lowest BCUT2D eigenvalue weighted by atomic mass is 9.98. The molecule has 0 saturated heterocycles. The summed E-state index contributed by atoms with van der Waals surface area (Å²) >= 11 is 0. The molecule has 5 aromatic rings. The molecule has 3 aromatic carbocycles. The van der Waals surface area contributed by atoms with Crippen molar-refractivity contribution in [1.82, 2.24) is 40.3 Å². The van der Waals surface area contributed by atoms with Crippen molar-refractivity contribution in [3.63, 3.8) is 0 Å². The number of hydrogen-bond donors (Lipinski definition) is 1. The zero-order valence-corrected chi connectivity index (χ0v) is 21.6. The number of carbonyl (C=O) groups is 1. The minimum atomic E-state index is -0.144. The van der Waals surface area contributed by atoms with E-state index in [0.717, 1.165) is 52.9 Å². The van der Waals surface area contributed by atoms with E-state index >= 15 is 0 Å². The topological polar surface area (TPSA) is 105 Å². The summed E-state index contributed by atoms with van der Waals surface area (Å²) in [6, 6.07) is 26.2. The van der Waals surface area contributed by atoms with Crippen LogP contribution >= 0.6 is 0 Å². The van der Waals surface area contributed by atoms with Crippen molar-refractivity contribution in [3.05, 3.63) is 102 Å². The Labute approximate surface area is 221 Å². The molecule has 192 valence electrons. The Kier molecular flexibility index (Phi) is 7.63. The summed E-state index contributed by atoms with van der Waals surface area (Å²) in [7, 11) is 1.80. The van der Waals surface area contributed by atoms with Gasteiger partial charge in [-0.3, -0.25) is 4.79 Å². The van der Waals surface area contributed by atoms with Crippen molar-refractivity contribution >= 4 is 5.91 Å². The van der Waals surface area contributed by atoms with Crippen LogP contribution in [0.5, 0.6) is 0 Å². The van der Waals surface area contributed by atoms with E-state index in [1.54, 1.807) is 11.9 Å². The number of hydrogen-bond acceptors (Lipinski definition) is 6. The van der Waals surface area contributed by atoms with Crippen LogP contribution in [0.1, 0.15) is 47.3 Å². The summed E-state index contributed by atoms with van der Waals surface area (Å²) in [6.07, 6.45) is 2.80. The molecule has 0 aliphatic heterocycles. The van der Waals surface area contributed by atoms with Crippen molar-refractivity contribution in [1.29, 1.82) is 0 Å². The molecule has 0 bridgehead atoms. The molecule has 0 atom stereocenters. The molecule has 0 aliphatic rings. The molecule has 0 spiro atoms. The van der Waals surface area contributed by atoms with E-state index in [9.17, 15) is 4.79 Å². The van der Waals surface area contributed by atoms with Crippen LogP contribution in [0.25, 0.3) is 22.5 Å². The van der Waals surface area contributed by atoms with Gasteiger partial charge in [0.25, 0.3) is 5.91 Å². The summed E-state index contributed by atoms with van der Waals surface area (Å²) < 4.78 is 1.96. The van der Waals surface area contributed by atoms with Gasteiger partial charge in [0, 0.05) is 25.6 Å². The first kappa shape index (κ1) is 25.0. The van der Waals surface area contributed by atoms with Gasteiger partial charge in [0.1, 0.15) is 5.82 Å². The monoisotopic (exact) mass is 506 g/mol. The minimum absolute atomic E-state index is 0.144. The molecular formula is C29H30N8O. The molecule has 9 nitrogen and oxygen atoms in total.